The van der Waals surface area contributed by atoms with E-state index in [4.69, 9.17) is 0 Å². The quantitative estimate of drug-likeness (QED) is 0.810. The molecule has 1 fully saturated rings. The molecule has 0 bridgehead atoms. The Balaban J connectivity index is 1.67. The lowest BCUT2D eigenvalue weighted by Gasteiger charge is -2.35. The Bertz CT molecular complexity index is 898. The molecule has 4 rings (SSSR count). The van der Waals surface area contributed by atoms with E-state index in [1.165, 1.54) is 18.7 Å². The van der Waals surface area contributed by atoms with Crippen molar-refractivity contribution < 1.29 is 18.0 Å². The van der Waals surface area contributed by atoms with Gasteiger partial charge in [0.1, 0.15) is 12.1 Å². The van der Waals surface area contributed by atoms with Crippen LogP contribution in [-0.4, -0.2) is 49.3 Å². The molecule has 7 nitrogen and oxygen atoms in total. The van der Waals surface area contributed by atoms with Crippen molar-refractivity contribution in [3.63, 3.8) is 0 Å². The van der Waals surface area contributed by atoms with Crippen molar-refractivity contribution >= 4 is 11.7 Å². The number of halogens is 3. The van der Waals surface area contributed by atoms with Gasteiger partial charge in [-0.05, 0) is 31.6 Å². The van der Waals surface area contributed by atoms with Crippen LogP contribution in [0.3, 0.4) is 0 Å². The molecule has 1 saturated heterocycles. The SMILES string of the molecule is CC(C)[C@@H]1C[C@H](C(F)(F)F)n2nc([C@@H]3CCCCN3C(=O)c3cncnc3)cc2N1. The summed E-state index contributed by atoms with van der Waals surface area (Å²) in [5.74, 6) is 0.178. The van der Waals surface area contributed by atoms with Gasteiger partial charge in [-0.3, -0.25) is 4.79 Å². The maximum Gasteiger partial charge on any atom is 0.410 e. The van der Waals surface area contributed by atoms with Crippen LogP contribution >= 0.6 is 0 Å². The van der Waals surface area contributed by atoms with Gasteiger partial charge in [-0.2, -0.15) is 18.3 Å². The number of nitrogens with zero attached hydrogens (tertiary/aromatic N) is 5. The Morgan fingerprint density at radius 1 is 1.23 bits per heavy atom. The van der Waals surface area contributed by atoms with Crippen molar-refractivity contribution in [1.29, 1.82) is 0 Å². The maximum absolute atomic E-state index is 13.8. The van der Waals surface area contributed by atoms with Crippen LogP contribution in [0, 0.1) is 5.92 Å². The summed E-state index contributed by atoms with van der Waals surface area (Å²) in [5.41, 5.74) is 0.848. The van der Waals surface area contributed by atoms with Crippen LogP contribution in [-0.2, 0) is 0 Å². The smallest absolute Gasteiger partial charge is 0.367 e. The van der Waals surface area contributed by atoms with E-state index in [2.05, 4.69) is 20.4 Å². The zero-order valence-electron chi connectivity index (χ0n) is 16.9. The fourth-order valence-corrected chi connectivity index (χ4v) is 4.28. The summed E-state index contributed by atoms with van der Waals surface area (Å²) in [6, 6.07) is -0.674. The van der Waals surface area contributed by atoms with E-state index >= 15 is 0 Å². The molecule has 0 aromatic carbocycles. The monoisotopic (exact) mass is 422 g/mol. The average Bonchev–Trinajstić information content (AvgIpc) is 3.16. The summed E-state index contributed by atoms with van der Waals surface area (Å²) in [5, 5.41) is 7.56. The van der Waals surface area contributed by atoms with Gasteiger partial charge in [0, 0.05) is 31.0 Å². The Hall–Kier alpha value is -2.65. The van der Waals surface area contributed by atoms with Crippen LogP contribution in [0.5, 0.6) is 0 Å². The van der Waals surface area contributed by atoms with Gasteiger partial charge in [-0.15, -0.1) is 0 Å². The van der Waals surface area contributed by atoms with Gasteiger partial charge in [-0.1, -0.05) is 13.8 Å². The molecule has 10 heteroatoms. The van der Waals surface area contributed by atoms with Gasteiger partial charge >= 0.3 is 6.18 Å². The number of fused-ring (bicyclic) bond motifs is 1. The van der Waals surface area contributed by atoms with Crippen LogP contribution in [0.4, 0.5) is 19.0 Å². The number of carbonyl (C=O) groups is 1. The summed E-state index contributed by atoms with van der Waals surface area (Å²) in [4.78, 5) is 22.5. The van der Waals surface area contributed by atoms with Crippen LogP contribution in [0.1, 0.15) is 67.7 Å². The van der Waals surface area contributed by atoms with Crippen molar-refractivity contribution in [1.82, 2.24) is 24.6 Å². The molecule has 0 aliphatic carbocycles. The summed E-state index contributed by atoms with van der Waals surface area (Å²) in [6.45, 7) is 4.33. The molecule has 2 aromatic rings. The number of amides is 1. The molecule has 4 heterocycles. The predicted molar refractivity (Wildman–Crippen MR) is 104 cm³/mol. The van der Waals surface area contributed by atoms with Crippen molar-refractivity contribution in [2.75, 3.05) is 11.9 Å². The van der Waals surface area contributed by atoms with Crippen LogP contribution in [0.15, 0.2) is 24.8 Å². The van der Waals surface area contributed by atoms with E-state index in [1.54, 1.807) is 11.0 Å². The largest absolute Gasteiger partial charge is 0.410 e. The van der Waals surface area contributed by atoms with Crippen LogP contribution in [0.2, 0.25) is 0 Å². The van der Waals surface area contributed by atoms with E-state index in [1.807, 2.05) is 13.8 Å². The highest BCUT2D eigenvalue weighted by Crippen LogP contribution is 2.42. The molecular formula is C20H25F3N6O. The first-order chi connectivity index (χ1) is 14.3. The normalized spacial score (nSPS) is 24.5. The summed E-state index contributed by atoms with van der Waals surface area (Å²) in [7, 11) is 0. The topological polar surface area (TPSA) is 75.9 Å². The summed E-state index contributed by atoms with van der Waals surface area (Å²) >= 11 is 0. The summed E-state index contributed by atoms with van der Waals surface area (Å²) in [6.07, 6.45) is 2.17. The molecule has 30 heavy (non-hydrogen) atoms. The van der Waals surface area contributed by atoms with Crippen LogP contribution < -0.4 is 5.32 Å². The third kappa shape index (κ3) is 3.87. The predicted octanol–water partition coefficient (Wildman–Crippen LogP) is 3.98. The number of carbonyl (C=O) groups excluding carboxylic acids is 1. The van der Waals surface area contributed by atoms with Gasteiger partial charge < -0.3 is 10.2 Å². The van der Waals surface area contributed by atoms with Gasteiger partial charge in [0.05, 0.1) is 17.3 Å². The minimum Gasteiger partial charge on any atom is -0.367 e. The molecule has 0 spiro atoms. The van der Waals surface area contributed by atoms with Crippen molar-refractivity contribution in [2.24, 2.45) is 5.92 Å². The molecule has 162 valence electrons. The van der Waals surface area contributed by atoms with Gasteiger partial charge in [0.15, 0.2) is 6.04 Å². The zero-order chi connectivity index (χ0) is 21.5. The number of alkyl halides is 3. The second-order valence-electron chi connectivity index (χ2n) is 8.32. The average molecular weight is 422 g/mol. The first-order valence-electron chi connectivity index (χ1n) is 10.2. The third-order valence-corrected chi connectivity index (χ3v) is 5.96. The number of nitrogens with one attached hydrogen (secondary N) is 1. The summed E-state index contributed by atoms with van der Waals surface area (Å²) < 4.78 is 42.4. The Morgan fingerprint density at radius 2 is 1.97 bits per heavy atom. The number of hydrogen-bond acceptors (Lipinski definition) is 5. The van der Waals surface area contributed by atoms with E-state index in [-0.39, 0.29) is 30.3 Å². The lowest BCUT2D eigenvalue weighted by Crippen LogP contribution is -2.41. The van der Waals surface area contributed by atoms with Gasteiger partial charge in [0.25, 0.3) is 5.91 Å². The number of piperidine rings is 1. The van der Waals surface area contributed by atoms with Crippen LogP contribution in [0.25, 0.3) is 0 Å². The number of hydrogen-bond donors (Lipinski definition) is 1. The highest BCUT2D eigenvalue weighted by molar-refractivity contribution is 5.94. The number of likely N-dealkylation sites (tertiary alicyclic amines) is 1. The maximum atomic E-state index is 13.8. The number of anilines is 1. The van der Waals surface area contributed by atoms with Gasteiger partial charge in [-0.25, -0.2) is 14.6 Å². The molecule has 1 amide bonds. The Kier molecular flexibility index (Phi) is 5.42. The van der Waals surface area contributed by atoms with Crippen molar-refractivity contribution in [3.8, 4) is 0 Å². The van der Waals surface area contributed by atoms with E-state index in [0.717, 1.165) is 17.5 Å². The minimum absolute atomic E-state index is 0.0489. The second kappa shape index (κ2) is 7.88. The molecule has 1 N–H and O–H groups in total. The van der Waals surface area contributed by atoms with E-state index in [9.17, 15) is 18.0 Å². The molecule has 3 atom stereocenters. The molecule has 2 aliphatic rings. The molecule has 0 saturated carbocycles. The standard InChI is InChI=1S/C20H25F3N6O/c1-12(2)14-7-17(20(21,22)23)29-18(26-14)8-15(27-29)16-5-3-4-6-28(16)19(30)13-9-24-11-25-10-13/h8-12,14,16-17,26H,3-7H2,1-2H3/t14-,16-,17+/m0/s1. The Morgan fingerprint density at radius 3 is 2.63 bits per heavy atom. The first-order valence-corrected chi connectivity index (χ1v) is 10.2. The molecule has 2 aliphatic heterocycles. The first kappa shape index (κ1) is 20.6. The zero-order valence-corrected chi connectivity index (χ0v) is 16.9. The van der Waals surface area contributed by atoms with Crippen molar-refractivity contribution in [3.05, 3.63) is 36.0 Å². The Labute approximate surface area is 172 Å². The van der Waals surface area contributed by atoms with E-state index in [0.29, 0.717) is 30.0 Å². The fourth-order valence-electron chi connectivity index (χ4n) is 4.28. The highest BCUT2D eigenvalue weighted by atomic mass is 19.4. The lowest BCUT2D eigenvalue weighted by molar-refractivity contribution is -0.174. The number of aromatic nitrogens is 4. The van der Waals surface area contributed by atoms with E-state index < -0.39 is 12.2 Å². The van der Waals surface area contributed by atoms with Crippen molar-refractivity contribution in [2.45, 2.75) is 63.8 Å². The molecule has 2 aromatic heterocycles. The molecule has 0 unspecified atom stereocenters. The minimum atomic E-state index is -4.39. The molecular weight excluding hydrogens is 397 g/mol. The second-order valence-corrected chi connectivity index (χ2v) is 8.32. The van der Waals surface area contributed by atoms with Gasteiger partial charge in [0.2, 0.25) is 0 Å². The lowest BCUT2D eigenvalue weighted by atomic mass is 9.94. The molecule has 0 radical (unpaired) electrons. The fraction of sp³-hybridized carbons (Fsp3) is 0.600. The highest BCUT2D eigenvalue weighted by Gasteiger charge is 2.47. The third-order valence-electron chi connectivity index (χ3n) is 5.96. The number of rotatable bonds is 3.